The fourth-order valence-corrected chi connectivity index (χ4v) is 2.27. The van der Waals surface area contributed by atoms with Crippen molar-refractivity contribution in [1.29, 1.82) is 0 Å². The Morgan fingerprint density at radius 2 is 1.04 bits per heavy atom. The minimum absolute atomic E-state index is 0.112. The van der Waals surface area contributed by atoms with Crippen LogP contribution in [0.15, 0.2) is 48.5 Å². The molecule has 2 rings (SSSR count). The highest BCUT2D eigenvalue weighted by molar-refractivity contribution is 6.20. The molecule has 0 spiro atoms. The van der Waals surface area contributed by atoms with Crippen molar-refractivity contribution in [2.24, 2.45) is 0 Å². The lowest BCUT2D eigenvalue weighted by Gasteiger charge is -2.20. The third kappa shape index (κ3) is 5.06. The normalized spacial score (nSPS) is 11.9. The summed E-state index contributed by atoms with van der Waals surface area (Å²) in [6, 6.07) is 16.4. The summed E-state index contributed by atoms with van der Waals surface area (Å²) in [7, 11) is 0.210. The van der Waals surface area contributed by atoms with Crippen LogP contribution in [0.2, 0.25) is 0 Å². The van der Waals surface area contributed by atoms with E-state index in [0.717, 1.165) is 11.5 Å². The largest absolute Gasteiger partial charge is 0.576 e. The minimum atomic E-state index is 0.112. The molecule has 0 N–H and O–H groups in total. The predicted molar refractivity (Wildman–Crippen MR) is 98.7 cm³/mol. The van der Waals surface area contributed by atoms with Crippen LogP contribution in [0.1, 0.15) is 52.7 Å². The standard InChI is InChI=1S/C20H27BO2/c1-19(2,3)15-9-7-11-17(13-15)22-21-23-18-12-8-10-16(14-18)20(4,5)6/h7-14,21H,1-6H3. The monoisotopic (exact) mass is 310 g/mol. The van der Waals surface area contributed by atoms with Crippen LogP contribution in [-0.4, -0.2) is 7.69 Å². The van der Waals surface area contributed by atoms with Crippen molar-refractivity contribution in [1.82, 2.24) is 0 Å². The number of benzene rings is 2. The number of hydrogen-bond donors (Lipinski definition) is 0. The van der Waals surface area contributed by atoms with Crippen LogP contribution < -0.4 is 9.31 Å². The van der Waals surface area contributed by atoms with Gasteiger partial charge >= 0.3 is 7.69 Å². The van der Waals surface area contributed by atoms with Gasteiger partial charge in [0.2, 0.25) is 0 Å². The summed E-state index contributed by atoms with van der Waals surface area (Å²) in [6.45, 7) is 13.2. The summed E-state index contributed by atoms with van der Waals surface area (Å²) in [5, 5.41) is 0. The first-order valence-electron chi connectivity index (χ1n) is 8.13. The highest BCUT2D eigenvalue weighted by Crippen LogP contribution is 2.27. The van der Waals surface area contributed by atoms with E-state index in [9.17, 15) is 0 Å². The molecule has 0 aliphatic carbocycles. The Labute approximate surface area is 141 Å². The molecule has 0 atom stereocenters. The Hall–Kier alpha value is -1.90. The highest BCUT2D eigenvalue weighted by Gasteiger charge is 2.15. The molecule has 122 valence electrons. The van der Waals surface area contributed by atoms with Crippen molar-refractivity contribution in [2.75, 3.05) is 0 Å². The Morgan fingerprint density at radius 1 is 0.652 bits per heavy atom. The molecule has 3 heteroatoms. The third-order valence-corrected chi connectivity index (χ3v) is 3.85. The molecule has 0 bridgehead atoms. The van der Waals surface area contributed by atoms with Gasteiger partial charge in [0.15, 0.2) is 0 Å². The van der Waals surface area contributed by atoms with Gasteiger partial charge in [-0.05, 0) is 46.2 Å². The third-order valence-electron chi connectivity index (χ3n) is 3.85. The van der Waals surface area contributed by atoms with Gasteiger partial charge in [0.25, 0.3) is 0 Å². The Balaban J connectivity index is 1.98. The molecule has 0 saturated carbocycles. The fraction of sp³-hybridized carbons (Fsp3) is 0.400. The number of rotatable bonds is 4. The summed E-state index contributed by atoms with van der Waals surface area (Å²) in [4.78, 5) is 0. The molecule has 0 aliphatic heterocycles. The van der Waals surface area contributed by atoms with Crippen molar-refractivity contribution < 1.29 is 9.31 Å². The molecule has 0 unspecified atom stereocenters. The Morgan fingerprint density at radius 3 is 1.39 bits per heavy atom. The van der Waals surface area contributed by atoms with E-state index in [1.165, 1.54) is 11.1 Å². The molecular formula is C20H27BO2. The zero-order valence-electron chi connectivity index (χ0n) is 15.1. The van der Waals surface area contributed by atoms with Gasteiger partial charge in [-0.1, -0.05) is 65.8 Å². The molecule has 0 fully saturated rings. The lowest BCUT2D eigenvalue weighted by atomic mass is 9.87. The van der Waals surface area contributed by atoms with Crippen molar-refractivity contribution >= 4 is 7.69 Å². The summed E-state index contributed by atoms with van der Waals surface area (Å²) in [5.74, 6) is 1.67. The van der Waals surface area contributed by atoms with E-state index in [2.05, 4.69) is 65.8 Å². The van der Waals surface area contributed by atoms with E-state index in [1.807, 2.05) is 24.3 Å². The molecule has 0 radical (unpaired) electrons. The van der Waals surface area contributed by atoms with Gasteiger partial charge in [0.1, 0.15) is 11.5 Å². The molecule has 0 amide bonds. The molecule has 23 heavy (non-hydrogen) atoms. The van der Waals surface area contributed by atoms with E-state index in [-0.39, 0.29) is 18.5 Å². The molecule has 0 aromatic heterocycles. The van der Waals surface area contributed by atoms with Crippen molar-refractivity contribution in [2.45, 2.75) is 52.4 Å². The summed E-state index contributed by atoms with van der Waals surface area (Å²) in [5.41, 5.74) is 2.73. The Bertz CT molecular complexity index is 594. The van der Waals surface area contributed by atoms with E-state index in [1.54, 1.807) is 0 Å². The smallest absolute Gasteiger partial charge is 0.529 e. The van der Waals surface area contributed by atoms with Gasteiger partial charge in [-0.15, -0.1) is 0 Å². The maximum absolute atomic E-state index is 5.75. The van der Waals surface area contributed by atoms with Gasteiger partial charge in [-0.3, -0.25) is 0 Å². The van der Waals surface area contributed by atoms with Gasteiger partial charge in [0.05, 0.1) is 0 Å². The summed E-state index contributed by atoms with van der Waals surface area (Å²) >= 11 is 0. The fourth-order valence-electron chi connectivity index (χ4n) is 2.27. The van der Waals surface area contributed by atoms with Crippen LogP contribution in [0.3, 0.4) is 0 Å². The quantitative estimate of drug-likeness (QED) is 0.739. The second-order valence-corrected chi connectivity index (χ2v) is 7.96. The highest BCUT2D eigenvalue weighted by atomic mass is 16.6. The molecule has 2 aromatic carbocycles. The average molecular weight is 310 g/mol. The lowest BCUT2D eigenvalue weighted by Crippen LogP contribution is -2.14. The molecule has 2 aromatic rings. The SMILES string of the molecule is CC(C)(C)c1cccc(OBOc2cccc(C(C)(C)C)c2)c1. The van der Waals surface area contributed by atoms with Crippen LogP contribution in [0.5, 0.6) is 11.5 Å². The second-order valence-electron chi connectivity index (χ2n) is 7.96. The van der Waals surface area contributed by atoms with Gasteiger partial charge in [-0.25, -0.2) is 0 Å². The average Bonchev–Trinajstić information content (AvgIpc) is 2.46. The van der Waals surface area contributed by atoms with E-state index in [0.29, 0.717) is 0 Å². The zero-order chi connectivity index (χ0) is 17.1. The molecule has 0 aliphatic rings. The predicted octanol–water partition coefficient (Wildman–Crippen LogP) is 5.01. The first-order chi connectivity index (χ1) is 10.7. The Kier molecular flexibility index (Phi) is 5.08. The minimum Gasteiger partial charge on any atom is -0.529 e. The summed E-state index contributed by atoms with van der Waals surface area (Å²) < 4.78 is 11.5. The second kappa shape index (κ2) is 6.70. The number of hydrogen-bond acceptors (Lipinski definition) is 2. The molecular weight excluding hydrogens is 283 g/mol. The van der Waals surface area contributed by atoms with Crippen molar-refractivity contribution in [3.8, 4) is 11.5 Å². The van der Waals surface area contributed by atoms with Crippen LogP contribution >= 0.6 is 0 Å². The van der Waals surface area contributed by atoms with Crippen molar-refractivity contribution in [3.05, 3.63) is 59.7 Å². The first kappa shape index (κ1) is 17.5. The van der Waals surface area contributed by atoms with Gasteiger partial charge in [0, 0.05) is 0 Å². The van der Waals surface area contributed by atoms with E-state index < -0.39 is 0 Å². The molecule has 0 saturated heterocycles. The van der Waals surface area contributed by atoms with E-state index >= 15 is 0 Å². The topological polar surface area (TPSA) is 18.5 Å². The summed E-state index contributed by atoms with van der Waals surface area (Å²) in [6.07, 6.45) is 0. The lowest BCUT2D eigenvalue weighted by molar-refractivity contribution is 0.455. The molecule has 2 nitrogen and oxygen atoms in total. The van der Waals surface area contributed by atoms with Gasteiger partial charge < -0.3 is 9.31 Å². The van der Waals surface area contributed by atoms with E-state index in [4.69, 9.17) is 9.31 Å². The van der Waals surface area contributed by atoms with Crippen molar-refractivity contribution in [3.63, 3.8) is 0 Å². The van der Waals surface area contributed by atoms with Crippen LogP contribution in [-0.2, 0) is 10.8 Å². The maximum Gasteiger partial charge on any atom is 0.576 e. The van der Waals surface area contributed by atoms with Crippen LogP contribution in [0, 0.1) is 0 Å². The van der Waals surface area contributed by atoms with Crippen LogP contribution in [0.4, 0.5) is 0 Å². The first-order valence-corrected chi connectivity index (χ1v) is 8.13. The van der Waals surface area contributed by atoms with Gasteiger partial charge in [-0.2, -0.15) is 0 Å². The van der Waals surface area contributed by atoms with Crippen LogP contribution in [0.25, 0.3) is 0 Å². The molecule has 0 heterocycles. The zero-order valence-corrected chi connectivity index (χ0v) is 15.1. The maximum atomic E-state index is 5.75.